The van der Waals surface area contributed by atoms with Crippen LogP contribution in [0.15, 0.2) is 95.8 Å². The monoisotopic (exact) mass is 358 g/mol. The van der Waals surface area contributed by atoms with Crippen molar-refractivity contribution in [3.05, 3.63) is 101 Å². The third-order valence-corrected chi connectivity index (χ3v) is 4.95. The van der Waals surface area contributed by atoms with E-state index in [0.717, 1.165) is 22.0 Å². The molecule has 0 bridgehead atoms. The minimum absolute atomic E-state index is 0.0891. The molecule has 0 saturated carbocycles. The highest BCUT2D eigenvalue weighted by molar-refractivity contribution is 6.32. The average Bonchev–Trinajstić information content (AvgIpc) is 2.74. The van der Waals surface area contributed by atoms with Crippen molar-refractivity contribution in [2.75, 3.05) is 0 Å². The van der Waals surface area contributed by atoms with E-state index in [0.29, 0.717) is 22.2 Å². The van der Waals surface area contributed by atoms with Gasteiger partial charge in [-0.25, -0.2) is 4.98 Å². The summed E-state index contributed by atoms with van der Waals surface area (Å²) >= 11 is 0. The smallest absolute Gasteiger partial charge is 0.266 e. The van der Waals surface area contributed by atoms with E-state index >= 15 is 0 Å². The molecular formula is C24H15BN2O. The molecule has 0 spiro atoms. The summed E-state index contributed by atoms with van der Waals surface area (Å²) in [6.07, 6.45) is 0. The van der Waals surface area contributed by atoms with Crippen molar-refractivity contribution in [3.63, 3.8) is 0 Å². The summed E-state index contributed by atoms with van der Waals surface area (Å²) in [5.74, 6) is 0.597. The molecule has 5 rings (SSSR count). The van der Waals surface area contributed by atoms with Gasteiger partial charge < -0.3 is 0 Å². The number of nitrogens with zero attached hydrogens (tertiary/aromatic N) is 2. The number of fused-ring (bicyclic) bond motifs is 3. The standard InChI is InChI=1S/C24H15BN2O/c25-18-13-10-17(11-14-18)23-26-22-20-9-5-4-6-16(20)12-15-21(22)24(28)27(23)19-7-2-1-3-8-19/h1-15H. The molecule has 0 amide bonds. The Bertz CT molecular complexity index is 1370. The first kappa shape index (κ1) is 16.5. The molecule has 0 aliphatic rings. The molecule has 4 heteroatoms. The molecule has 1 heterocycles. The molecule has 0 atom stereocenters. The molecule has 3 nitrogen and oxygen atoms in total. The summed E-state index contributed by atoms with van der Waals surface area (Å²) in [6, 6.07) is 28.8. The van der Waals surface area contributed by atoms with E-state index in [1.165, 1.54) is 0 Å². The van der Waals surface area contributed by atoms with Gasteiger partial charge in [-0.2, -0.15) is 0 Å². The Hall–Kier alpha value is -3.66. The van der Waals surface area contributed by atoms with E-state index in [9.17, 15) is 4.79 Å². The number of para-hydroxylation sites is 1. The van der Waals surface area contributed by atoms with E-state index < -0.39 is 0 Å². The van der Waals surface area contributed by atoms with Gasteiger partial charge in [0.15, 0.2) is 0 Å². The van der Waals surface area contributed by atoms with E-state index in [-0.39, 0.29) is 5.56 Å². The molecule has 130 valence electrons. The molecule has 0 aliphatic carbocycles. The quantitative estimate of drug-likeness (QED) is 0.353. The van der Waals surface area contributed by atoms with Crippen molar-refractivity contribution in [2.24, 2.45) is 0 Å². The molecule has 0 aliphatic heterocycles. The lowest BCUT2D eigenvalue weighted by atomic mass is 9.95. The van der Waals surface area contributed by atoms with E-state index in [1.807, 2.05) is 91.0 Å². The number of benzene rings is 4. The van der Waals surface area contributed by atoms with Gasteiger partial charge in [0.05, 0.1) is 16.6 Å². The van der Waals surface area contributed by atoms with Gasteiger partial charge in [0.25, 0.3) is 5.56 Å². The summed E-state index contributed by atoms with van der Waals surface area (Å²) in [6.45, 7) is 0. The van der Waals surface area contributed by atoms with Gasteiger partial charge in [-0.1, -0.05) is 78.3 Å². The van der Waals surface area contributed by atoms with Crippen LogP contribution in [0, 0.1) is 0 Å². The van der Waals surface area contributed by atoms with Crippen molar-refractivity contribution < 1.29 is 0 Å². The first-order valence-corrected chi connectivity index (χ1v) is 9.08. The van der Waals surface area contributed by atoms with Crippen molar-refractivity contribution in [1.82, 2.24) is 9.55 Å². The molecule has 4 aromatic carbocycles. The number of aromatic nitrogens is 2. The van der Waals surface area contributed by atoms with Crippen molar-refractivity contribution >= 4 is 35.0 Å². The van der Waals surface area contributed by atoms with Crippen molar-refractivity contribution in [2.45, 2.75) is 0 Å². The van der Waals surface area contributed by atoms with Crippen molar-refractivity contribution in [3.8, 4) is 17.1 Å². The normalized spacial score (nSPS) is 11.1. The van der Waals surface area contributed by atoms with Gasteiger partial charge >= 0.3 is 0 Å². The molecule has 0 N–H and O–H groups in total. The van der Waals surface area contributed by atoms with Gasteiger partial charge in [0.1, 0.15) is 13.7 Å². The highest BCUT2D eigenvalue weighted by Crippen LogP contribution is 2.26. The third kappa shape index (κ3) is 2.62. The van der Waals surface area contributed by atoms with Crippen LogP contribution in [0.2, 0.25) is 0 Å². The second kappa shape index (κ2) is 6.50. The maximum atomic E-state index is 13.5. The van der Waals surface area contributed by atoms with Gasteiger partial charge in [0.2, 0.25) is 0 Å². The second-order valence-electron chi connectivity index (χ2n) is 6.72. The lowest BCUT2D eigenvalue weighted by Gasteiger charge is -2.15. The van der Waals surface area contributed by atoms with Crippen LogP contribution in [0.4, 0.5) is 0 Å². The van der Waals surface area contributed by atoms with Crippen LogP contribution < -0.4 is 11.0 Å². The second-order valence-corrected chi connectivity index (χ2v) is 6.72. The fourth-order valence-corrected chi connectivity index (χ4v) is 3.56. The summed E-state index contributed by atoms with van der Waals surface area (Å²) in [4.78, 5) is 18.5. The van der Waals surface area contributed by atoms with Crippen LogP contribution in [0.5, 0.6) is 0 Å². The number of hydrogen-bond donors (Lipinski definition) is 0. The summed E-state index contributed by atoms with van der Waals surface area (Å²) in [5, 5.41) is 2.62. The third-order valence-electron chi connectivity index (χ3n) is 4.95. The zero-order chi connectivity index (χ0) is 19.1. The zero-order valence-corrected chi connectivity index (χ0v) is 15.0. The molecule has 5 aromatic rings. The molecule has 0 saturated heterocycles. The predicted octanol–water partition coefficient (Wildman–Crippen LogP) is 4.00. The Morgan fingerprint density at radius 3 is 2.21 bits per heavy atom. The van der Waals surface area contributed by atoms with E-state index in [2.05, 4.69) is 0 Å². The van der Waals surface area contributed by atoms with Crippen LogP contribution in [-0.4, -0.2) is 17.4 Å². The largest absolute Gasteiger partial charge is 0.268 e. The minimum Gasteiger partial charge on any atom is -0.268 e. The summed E-state index contributed by atoms with van der Waals surface area (Å²) in [7, 11) is 5.86. The maximum Gasteiger partial charge on any atom is 0.266 e. The topological polar surface area (TPSA) is 34.9 Å². The van der Waals surface area contributed by atoms with Crippen LogP contribution in [-0.2, 0) is 0 Å². The van der Waals surface area contributed by atoms with Crippen LogP contribution in [0.3, 0.4) is 0 Å². The van der Waals surface area contributed by atoms with Crippen molar-refractivity contribution in [1.29, 1.82) is 0 Å². The lowest BCUT2D eigenvalue weighted by Crippen LogP contribution is -2.22. The SMILES string of the molecule is [B]c1ccc(-c2nc3c(ccc4ccccc43)c(=O)n2-c2ccccc2)cc1. The predicted molar refractivity (Wildman–Crippen MR) is 116 cm³/mol. The fraction of sp³-hybridized carbons (Fsp3) is 0. The highest BCUT2D eigenvalue weighted by Gasteiger charge is 2.15. The molecule has 28 heavy (non-hydrogen) atoms. The first-order chi connectivity index (χ1) is 13.7. The minimum atomic E-state index is -0.0891. The van der Waals surface area contributed by atoms with E-state index in [4.69, 9.17) is 12.8 Å². The van der Waals surface area contributed by atoms with Gasteiger partial charge in [-0.3, -0.25) is 9.36 Å². The van der Waals surface area contributed by atoms with Gasteiger partial charge in [-0.05, 0) is 23.6 Å². The van der Waals surface area contributed by atoms with Gasteiger partial charge in [-0.15, -0.1) is 0 Å². The molecule has 0 fully saturated rings. The highest BCUT2D eigenvalue weighted by atomic mass is 16.1. The summed E-state index contributed by atoms with van der Waals surface area (Å²) < 4.78 is 1.67. The number of rotatable bonds is 2. The summed E-state index contributed by atoms with van der Waals surface area (Å²) in [5.41, 5.74) is 2.91. The van der Waals surface area contributed by atoms with Crippen LogP contribution in [0.1, 0.15) is 0 Å². The Labute approximate surface area is 163 Å². The zero-order valence-electron chi connectivity index (χ0n) is 15.0. The first-order valence-electron chi connectivity index (χ1n) is 9.08. The Kier molecular flexibility index (Phi) is 3.83. The maximum absolute atomic E-state index is 13.5. The van der Waals surface area contributed by atoms with Crippen LogP contribution >= 0.6 is 0 Å². The van der Waals surface area contributed by atoms with Crippen LogP contribution in [0.25, 0.3) is 38.8 Å². The van der Waals surface area contributed by atoms with E-state index in [1.54, 1.807) is 4.57 Å². The molecular weight excluding hydrogens is 343 g/mol. The Morgan fingerprint density at radius 2 is 1.43 bits per heavy atom. The molecule has 0 unspecified atom stereocenters. The fourth-order valence-electron chi connectivity index (χ4n) is 3.56. The lowest BCUT2D eigenvalue weighted by molar-refractivity contribution is 0.977. The number of hydrogen-bond acceptors (Lipinski definition) is 2. The average molecular weight is 358 g/mol. The Balaban J connectivity index is 1.95. The Morgan fingerprint density at radius 1 is 0.714 bits per heavy atom. The van der Waals surface area contributed by atoms with Gasteiger partial charge in [0, 0.05) is 10.9 Å². The molecule has 1 aromatic heterocycles. The molecule has 2 radical (unpaired) electrons.